The van der Waals surface area contributed by atoms with Crippen LogP contribution in [0.3, 0.4) is 0 Å². The van der Waals surface area contributed by atoms with Crippen molar-refractivity contribution in [2.75, 3.05) is 5.32 Å². The average Bonchev–Trinajstić information content (AvgIpc) is 2.32. The highest BCUT2D eigenvalue weighted by atomic mass is 35.5. The molecule has 0 radical (unpaired) electrons. The lowest BCUT2D eigenvalue weighted by molar-refractivity contribution is 0.613. The van der Waals surface area contributed by atoms with Crippen molar-refractivity contribution >= 4 is 17.3 Å². The van der Waals surface area contributed by atoms with Crippen molar-refractivity contribution in [2.45, 2.75) is 6.54 Å². The Morgan fingerprint density at radius 2 is 1.75 bits per heavy atom. The number of benzene rings is 2. The second-order valence-electron chi connectivity index (χ2n) is 3.43. The molecule has 0 heterocycles. The summed E-state index contributed by atoms with van der Waals surface area (Å²) in [4.78, 5) is 0. The van der Waals surface area contributed by atoms with Crippen molar-refractivity contribution in [1.82, 2.24) is 0 Å². The van der Waals surface area contributed by atoms with Crippen molar-refractivity contribution < 1.29 is 4.39 Å². The molecule has 0 aliphatic carbocycles. The summed E-state index contributed by atoms with van der Waals surface area (Å²) in [6.07, 6.45) is 0. The molecule has 0 fully saturated rings. The summed E-state index contributed by atoms with van der Waals surface area (Å²) in [5, 5.41) is 3.29. The van der Waals surface area contributed by atoms with Gasteiger partial charge in [-0.3, -0.25) is 0 Å². The summed E-state index contributed by atoms with van der Waals surface area (Å²) in [6, 6.07) is 14.7. The van der Waals surface area contributed by atoms with Gasteiger partial charge in [0.2, 0.25) is 0 Å². The largest absolute Gasteiger partial charge is 0.381 e. The zero-order valence-corrected chi connectivity index (χ0v) is 9.34. The van der Waals surface area contributed by atoms with Gasteiger partial charge in [0.15, 0.2) is 0 Å². The number of hydrogen-bond donors (Lipinski definition) is 1. The van der Waals surface area contributed by atoms with Gasteiger partial charge >= 0.3 is 0 Å². The van der Waals surface area contributed by atoms with Gasteiger partial charge in [-0.2, -0.15) is 0 Å². The van der Waals surface area contributed by atoms with Gasteiger partial charge < -0.3 is 5.32 Å². The molecule has 2 aromatic carbocycles. The summed E-state index contributed by atoms with van der Waals surface area (Å²) in [6.45, 7) is 0.427. The molecule has 0 spiro atoms. The zero-order chi connectivity index (χ0) is 11.4. The maximum Gasteiger partial charge on any atom is 0.146 e. The Balaban J connectivity index is 2.08. The van der Waals surface area contributed by atoms with Gasteiger partial charge in [0, 0.05) is 17.8 Å². The third-order valence-electron chi connectivity index (χ3n) is 2.29. The molecule has 2 aromatic rings. The first-order chi connectivity index (χ1) is 7.77. The van der Waals surface area contributed by atoms with Crippen molar-refractivity contribution in [1.29, 1.82) is 0 Å². The molecule has 0 aliphatic heterocycles. The van der Waals surface area contributed by atoms with E-state index in [1.807, 2.05) is 30.3 Å². The molecule has 0 amide bonds. The molecule has 0 unspecified atom stereocenters. The van der Waals surface area contributed by atoms with E-state index in [1.54, 1.807) is 18.2 Å². The number of rotatable bonds is 3. The minimum Gasteiger partial charge on any atom is -0.381 e. The smallest absolute Gasteiger partial charge is 0.146 e. The molecule has 1 N–H and O–H groups in total. The van der Waals surface area contributed by atoms with Crippen molar-refractivity contribution in [3.63, 3.8) is 0 Å². The summed E-state index contributed by atoms with van der Waals surface area (Å²) in [7, 11) is 0. The third kappa shape index (κ3) is 2.52. The SMILES string of the molecule is Fc1c(Cl)cccc1CNc1ccccc1. The van der Waals surface area contributed by atoms with Gasteiger partial charge in [0.25, 0.3) is 0 Å². The molecule has 0 saturated heterocycles. The van der Waals surface area contributed by atoms with Crippen LogP contribution in [0.2, 0.25) is 5.02 Å². The first-order valence-electron chi connectivity index (χ1n) is 4.99. The van der Waals surface area contributed by atoms with Crippen molar-refractivity contribution in [3.05, 3.63) is 64.9 Å². The fourth-order valence-corrected chi connectivity index (χ4v) is 1.63. The third-order valence-corrected chi connectivity index (χ3v) is 2.58. The second kappa shape index (κ2) is 4.99. The van der Waals surface area contributed by atoms with Crippen LogP contribution in [-0.4, -0.2) is 0 Å². The quantitative estimate of drug-likeness (QED) is 0.845. The van der Waals surface area contributed by atoms with Crippen LogP contribution in [0.25, 0.3) is 0 Å². The fourth-order valence-electron chi connectivity index (χ4n) is 1.44. The number of hydrogen-bond acceptors (Lipinski definition) is 1. The Bertz CT molecular complexity index is 471. The molecule has 0 aromatic heterocycles. The number of para-hydroxylation sites is 1. The Morgan fingerprint density at radius 1 is 1.00 bits per heavy atom. The molecular formula is C13H11ClFN. The molecule has 2 rings (SSSR count). The van der Waals surface area contributed by atoms with Gasteiger partial charge in [-0.25, -0.2) is 4.39 Å². The summed E-state index contributed by atoms with van der Waals surface area (Å²) in [5.74, 6) is -0.354. The molecule has 0 saturated carbocycles. The van der Waals surface area contributed by atoms with Gasteiger partial charge in [0.1, 0.15) is 5.82 Å². The highest BCUT2D eigenvalue weighted by molar-refractivity contribution is 6.30. The Labute approximate surface area is 98.9 Å². The Kier molecular flexibility index (Phi) is 3.42. The molecular weight excluding hydrogens is 225 g/mol. The minimum atomic E-state index is -0.354. The fraction of sp³-hybridized carbons (Fsp3) is 0.0769. The number of halogens is 2. The van der Waals surface area contributed by atoms with E-state index in [0.717, 1.165) is 5.69 Å². The second-order valence-corrected chi connectivity index (χ2v) is 3.84. The zero-order valence-electron chi connectivity index (χ0n) is 8.58. The maximum absolute atomic E-state index is 13.5. The van der Waals surface area contributed by atoms with Gasteiger partial charge in [-0.05, 0) is 18.2 Å². The van der Waals surface area contributed by atoms with Crippen LogP contribution in [0.4, 0.5) is 10.1 Å². The number of nitrogens with one attached hydrogen (secondary N) is 1. The van der Waals surface area contributed by atoms with Gasteiger partial charge in [-0.1, -0.05) is 41.9 Å². The molecule has 0 bridgehead atoms. The van der Waals surface area contributed by atoms with E-state index in [2.05, 4.69) is 5.32 Å². The standard InChI is InChI=1S/C13H11ClFN/c14-12-8-4-5-10(13(12)15)9-16-11-6-2-1-3-7-11/h1-8,16H,9H2. The summed E-state index contributed by atoms with van der Waals surface area (Å²) < 4.78 is 13.5. The van der Waals surface area contributed by atoms with E-state index in [1.165, 1.54) is 0 Å². The lowest BCUT2D eigenvalue weighted by Gasteiger charge is -2.07. The summed E-state index contributed by atoms with van der Waals surface area (Å²) in [5.41, 5.74) is 1.53. The average molecular weight is 236 g/mol. The lowest BCUT2D eigenvalue weighted by atomic mass is 10.2. The molecule has 0 atom stereocenters. The normalized spacial score (nSPS) is 10.1. The van der Waals surface area contributed by atoms with Crippen LogP contribution >= 0.6 is 11.6 Å². The van der Waals surface area contributed by atoms with Gasteiger partial charge in [0.05, 0.1) is 5.02 Å². The predicted octanol–water partition coefficient (Wildman–Crippen LogP) is 4.09. The van der Waals surface area contributed by atoms with Gasteiger partial charge in [-0.15, -0.1) is 0 Å². The van der Waals surface area contributed by atoms with E-state index >= 15 is 0 Å². The number of anilines is 1. The molecule has 0 aliphatic rings. The highest BCUT2D eigenvalue weighted by Gasteiger charge is 2.05. The van der Waals surface area contributed by atoms with Crippen LogP contribution in [0, 0.1) is 5.82 Å². The van der Waals surface area contributed by atoms with Crippen LogP contribution in [-0.2, 0) is 6.54 Å². The highest BCUT2D eigenvalue weighted by Crippen LogP contribution is 2.18. The molecule has 1 nitrogen and oxygen atoms in total. The first-order valence-corrected chi connectivity index (χ1v) is 5.37. The maximum atomic E-state index is 13.5. The van der Waals surface area contributed by atoms with E-state index < -0.39 is 0 Å². The Morgan fingerprint density at radius 3 is 2.50 bits per heavy atom. The van der Waals surface area contributed by atoms with Crippen LogP contribution in [0.1, 0.15) is 5.56 Å². The molecule has 82 valence electrons. The van der Waals surface area contributed by atoms with Crippen LogP contribution in [0.5, 0.6) is 0 Å². The van der Waals surface area contributed by atoms with Crippen molar-refractivity contribution in [3.8, 4) is 0 Å². The molecule has 16 heavy (non-hydrogen) atoms. The predicted molar refractivity (Wildman–Crippen MR) is 65.2 cm³/mol. The minimum absolute atomic E-state index is 0.160. The summed E-state index contributed by atoms with van der Waals surface area (Å²) >= 11 is 5.69. The van der Waals surface area contributed by atoms with Crippen LogP contribution in [0.15, 0.2) is 48.5 Å². The lowest BCUT2D eigenvalue weighted by Crippen LogP contribution is -2.01. The van der Waals surface area contributed by atoms with Crippen LogP contribution < -0.4 is 5.32 Å². The first kappa shape index (κ1) is 11.0. The van der Waals surface area contributed by atoms with E-state index in [4.69, 9.17) is 11.6 Å². The van der Waals surface area contributed by atoms with E-state index in [0.29, 0.717) is 12.1 Å². The molecule has 3 heteroatoms. The van der Waals surface area contributed by atoms with Crippen molar-refractivity contribution in [2.24, 2.45) is 0 Å². The van der Waals surface area contributed by atoms with E-state index in [-0.39, 0.29) is 10.8 Å². The monoisotopic (exact) mass is 235 g/mol. The topological polar surface area (TPSA) is 12.0 Å². The Hall–Kier alpha value is -1.54. The van der Waals surface area contributed by atoms with E-state index in [9.17, 15) is 4.39 Å².